The Morgan fingerprint density at radius 3 is 2.39 bits per heavy atom. The van der Waals surface area contributed by atoms with Gasteiger partial charge < -0.3 is 10.1 Å². The van der Waals surface area contributed by atoms with Crippen LogP contribution in [0.5, 0.6) is 5.88 Å². The summed E-state index contributed by atoms with van der Waals surface area (Å²) >= 11 is 6.11. The number of hydrogen-bond acceptors (Lipinski definition) is 3. The van der Waals surface area contributed by atoms with Gasteiger partial charge in [-0.15, -0.1) is 5.10 Å². The molecule has 0 aliphatic heterocycles. The quantitative estimate of drug-likeness (QED) is 0.932. The van der Waals surface area contributed by atoms with E-state index in [9.17, 15) is 4.79 Å². The summed E-state index contributed by atoms with van der Waals surface area (Å²) in [5.41, 5.74) is 2.68. The van der Waals surface area contributed by atoms with E-state index in [-0.39, 0.29) is 27.9 Å². The fourth-order valence-electron chi connectivity index (χ4n) is 2.24. The van der Waals surface area contributed by atoms with Crippen molar-refractivity contribution >= 4 is 17.5 Å². The Morgan fingerprint density at radius 1 is 1.30 bits per heavy atom. The number of nitrogens with one attached hydrogen (secondary N) is 1. The van der Waals surface area contributed by atoms with Crippen molar-refractivity contribution in [2.75, 3.05) is 7.11 Å². The summed E-state index contributed by atoms with van der Waals surface area (Å²) < 4.78 is 6.44. The number of rotatable bonds is 4. The molecule has 1 aromatic heterocycles. The third-order valence-corrected chi connectivity index (χ3v) is 3.98. The first-order chi connectivity index (χ1) is 10.7. The first-order valence-electron chi connectivity index (χ1n) is 7.38. The van der Waals surface area contributed by atoms with Crippen LogP contribution in [0.2, 0.25) is 5.02 Å². The van der Waals surface area contributed by atoms with Gasteiger partial charge in [-0.05, 0) is 16.5 Å². The van der Waals surface area contributed by atoms with Gasteiger partial charge in [-0.1, -0.05) is 56.6 Å². The fourth-order valence-corrected chi connectivity index (χ4v) is 2.56. The number of ether oxygens (including phenoxy) is 1. The average Bonchev–Trinajstić information content (AvgIpc) is 2.78. The summed E-state index contributed by atoms with van der Waals surface area (Å²) in [6.07, 6.45) is 0. The number of amides is 1. The highest BCUT2D eigenvalue weighted by Gasteiger charge is 2.21. The Balaban J connectivity index is 2.06. The van der Waals surface area contributed by atoms with Crippen LogP contribution in [0.15, 0.2) is 24.3 Å². The molecule has 0 saturated heterocycles. The first-order valence-corrected chi connectivity index (χ1v) is 7.76. The summed E-state index contributed by atoms with van der Waals surface area (Å²) in [6.45, 7) is 6.93. The third-order valence-electron chi connectivity index (χ3n) is 3.64. The normalized spacial score (nSPS) is 11.4. The Hall–Kier alpha value is -2.01. The highest BCUT2D eigenvalue weighted by molar-refractivity contribution is 6.34. The standard InChI is InChI=1S/C17H22ClN3O2/c1-17(2,3)12-8-6-11(7-9-12)10-19-15(22)14-13(18)16(23-5)20-21(14)4/h6-9H,10H2,1-5H3,(H,19,22). The van der Waals surface area contributed by atoms with Gasteiger partial charge in [0, 0.05) is 13.6 Å². The number of carbonyl (C=O) groups excluding carboxylic acids is 1. The lowest BCUT2D eigenvalue weighted by molar-refractivity contribution is 0.0941. The Kier molecular flexibility index (Phi) is 5.00. The van der Waals surface area contributed by atoms with E-state index in [0.717, 1.165) is 5.56 Å². The predicted molar refractivity (Wildman–Crippen MR) is 91.1 cm³/mol. The van der Waals surface area contributed by atoms with Gasteiger partial charge in [0.15, 0.2) is 0 Å². The van der Waals surface area contributed by atoms with Crippen LogP contribution in [-0.4, -0.2) is 22.8 Å². The summed E-state index contributed by atoms with van der Waals surface area (Å²) in [4.78, 5) is 12.3. The van der Waals surface area contributed by atoms with Gasteiger partial charge in [0.2, 0.25) is 0 Å². The Labute approximate surface area is 141 Å². The van der Waals surface area contributed by atoms with Crippen LogP contribution in [0.3, 0.4) is 0 Å². The lowest BCUT2D eigenvalue weighted by Crippen LogP contribution is -2.25. The third kappa shape index (κ3) is 3.85. The zero-order valence-corrected chi connectivity index (χ0v) is 14.9. The molecule has 6 heteroatoms. The minimum absolute atomic E-state index is 0.112. The van der Waals surface area contributed by atoms with Crippen molar-refractivity contribution in [2.45, 2.75) is 32.7 Å². The highest BCUT2D eigenvalue weighted by Crippen LogP contribution is 2.26. The fraction of sp³-hybridized carbons (Fsp3) is 0.412. The maximum absolute atomic E-state index is 12.3. The van der Waals surface area contributed by atoms with Crippen LogP contribution < -0.4 is 10.1 Å². The van der Waals surface area contributed by atoms with Crippen LogP contribution in [0.25, 0.3) is 0 Å². The minimum atomic E-state index is -0.284. The molecular formula is C17H22ClN3O2. The molecule has 0 bridgehead atoms. The molecule has 23 heavy (non-hydrogen) atoms. The Bertz CT molecular complexity index is 700. The zero-order valence-electron chi connectivity index (χ0n) is 14.1. The molecule has 1 aromatic carbocycles. The number of methoxy groups -OCH3 is 1. The molecular weight excluding hydrogens is 314 g/mol. The van der Waals surface area contributed by atoms with E-state index in [1.807, 2.05) is 12.1 Å². The van der Waals surface area contributed by atoms with Crippen LogP contribution in [-0.2, 0) is 19.0 Å². The van der Waals surface area contributed by atoms with E-state index in [4.69, 9.17) is 16.3 Å². The van der Waals surface area contributed by atoms with E-state index >= 15 is 0 Å². The van der Waals surface area contributed by atoms with Gasteiger partial charge >= 0.3 is 0 Å². The molecule has 0 unspecified atom stereocenters. The zero-order chi connectivity index (χ0) is 17.2. The van der Waals surface area contributed by atoms with Crippen LogP contribution in [0.4, 0.5) is 0 Å². The van der Waals surface area contributed by atoms with E-state index in [2.05, 4.69) is 43.3 Å². The molecule has 1 heterocycles. The number of carbonyl (C=O) groups is 1. The first kappa shape index (κ1) is 17.3. The van der Waals surface area contributed by atoms with Crippen molar-refractivity contribution in [1.82, 2.24) is 15.1 Å². The molecule has 0 fully saturated rings. The largest absolute Gasteiger partial charge is 0.479 e. The number of hydrogen-bond donors (Lipinski definition) is 1. The van der Waals surface area contributed by atoms with Crippen molar-refractivity contribution in [2.24, 2.45) is 7.05 Å². The van der Waals surface area contributed by atoms with Crippen molar-refractivity contribution in [1.29, 1.82) is 0 Å². The van der Waals surface area contributed by atoms with E-state index in [1.54, 1.807) is 7.05 Å². The molecule has 124 valence electrons. The molecule has 0 aliphatic carbocycles. The molecule has 1 N–H and O–H groups in total. The molecule has 0 atom stereocenters. The molecule has 2 rings (SSSR count). The van der Waals surface area contributed by atoms with E-state index < -0.39 is 0 Å². The van der Waals surface area contributed by atoms with Crippen LogP contribution in [0, 0.1) is 0 Å². The monoisotopic (exact) mass is 335 g/mol. The van der Waals surface area contributed by atoms with Gasteiger partial charge in [-0.25, -0.2) is 0 Å². The molecule has 1 amide bonds. The topological polar surface area (TPSA) is 56.2 Å². The van der Waals surface area contributed by atoms with Gasteiger partial charge in [-0.3, -0.25) is 9.48 Å². The van der Waals surface area contributed by atoms with Crippen molar-refractivity contribution in [3.8, 4) is 5.88 Å². The minimum Gasteiger partial charge on any atom is -0.479 e. The SMILES string of the molecule is COc1nn(C)c(C(=O)NCc2ccc(C(C)(C)C)cc2)c1Cl. The number of benzene rings is 1. The molecule has 0 saturated carbocycles. The Morgan fingerprint density at radius 2 is 1.91 bits per heavy atom. The van der Waals surface area contributed by atoms with Gasteiger partial charge in [0.05, 0.1) is 7.11 Å². The second kappa shape index (κ2) is 6.62. The second-order valence-electron chi connectivity index (χ2n) is 6.43. The summed E-state index contributed by atoms with van der Waals surface area (Å²) in [6, 6.07) is 8.21. The smallest absolute Gasteiger partial charge is 0.271 e. The molecule has 0 aliphatic rings. The highest BCUT2D eigenvalue weighted by atomic mass is 35.5. The maximum Gasteiger partial charge on any atom is 0.271 e. The molecule has 0 spiro atoms. The van der Waals surface area contributed by atoms with E-state index in [1.165, 1.54) is 17.4 Å². The number of halogens is 1. The van der Waals surface area contributed by atoms with Crippen molar-refractivity contribution in [3.05, 3.63) is 46.1 Å². The average molecular weight is 336 g/mol. The molecule has 0 radical (unpaired) electrons. The van der Waals surface area contributed by atoms with Crippen molar-refractivity contribution in [3.63, 3.8) is 0 Å². The number of nitrogens with zero attached hydrogens (tertiary/aromatic N) is 2. The van der Waals surface area contributed by atoms with Gasteiger partial charge in [-0.2, -0.15) is 0 Å². The lowest BCUT2D eigenvalue weighted by Gasteiger charge is -2.19. The summed E-state index contributed by atoms with van der Waals surface area (Å²) in [7, 11) is 3.12. The predicted octanol–water partition coefficient (Wildman–Crippen LogP) is 3.31. The lowest BCUT2D eigenvalue weighted by atomic mass is 9.87. The van der Waals surface area contributed by atoms with Gasteiger partial charge in [0.25, 0.3) is 11.8 Å². The second-order valence-corrected chi connectivity index (χ2v) is 6.80. The maximum atomic E-state index is 12.3. The number of aryl methyl sites for hydroxylation is 1. The van der Waals surface area contributed by atoms with E-state index in [0.29, 0.717) is 6.54 Å². The van der Waals surface area contributed by atoms with Crippen LogP contribution >= 0.6 is 11.6 Å². The summed E-state index contributed by atoms with van der Waals surface area (Å²) in [5, 5.41) is 7.12. The van der Waals surface area contributed by atoms with Crippen LogP contribution in [0.1, 0.15) is 42.4 Å². The molecule has 5 nitrogen and oxygen atoms in total. The van der Waals surface area contributed by atoms with Gasteiger partial charge in [0.1, 0.15) is 10.7 Å². The molecule has 2 aromatic rings. The number of aromatic nitrogens is 2. The summed E-state index contributed by atoms with van der Waals surface area (Å²) in [5.74, 6) is -0.0398. The van der Waals surface area contributed by atoms with Crippen molar-refractivity contribution < 1.29 is 9.53 Å².